The van der Waals surface area contributed by atoms with Crippen LogP contribution in [-0.2, 0) is 4.79 Å². The van der Waals surface area contributed by atoms with Gasteiger partial charge in [0.25, 0.3) is 0 Å². The van der Waals surface area contributed by atoms with Crippen molar-refractivity contribution in [2.24, 2.45) is 10.2 Å². The highest BCUT2D eigenvalue weighted by atomic mass is 16.1. The van der Waals surface area contributed by atoms with Crippen molar-refractivity contribution in [3.63, 3.8) is 0 Å². The Labute approximate surface area is 165 Å². The highest BCUT2D eigenvalue weighted by molar-refractivity contribution is 6.16. The molecule has 4 nitrogen and oxygen atoms in total. The molecule has 0 radical (unpaired) electrons. The fourth-order valence-electron chi connectivity index (χ4n) is 2.67. The molecule has 0 unspecified atom stereocenters. The maximum Gasteiger partial charge on any atom is 0.249 e. The smallest absolute Gasteiger partial charge is 0.249 e. The molecule has 0 bridgehead atoms. The predicted molar refractivity (Wildman–Crippen MR) is 117 cm³/mol. The normalized spacial score (nSPS) is 16.4. The number of amides is 1. The van der Waals surface area contributed by atoms with Gasteiger partial charge in [0.2, 0.25) is 5.91 Å². The number of anilines is 1. The lowest BCUT2D eigenvalue weighted by Gasteiger charge is -2.08. The van der Waals surface area contributed by atoms with E-state index in [1.165, 1.54) is 11.6 Å². The van der Waals surface area contributed by atoms with Gasteiger partial charge in [0.05, 0.1) is 11.9 Å². The maximum atomic E-state index is 12.4. The minimum atomic E-state index is -0.202. The van der Waals surface area contributed by atoms with E-state index in [4.69, 9.17) is 0 Å². The minimum Gasteiger partial charge on any atom is -0.322 e. The Morgan fingerprint density at radius 2 is 1.68 bits per heavy atom. The summed E-state index contributed by atoms with van der Waals surface area (Å²) in [7, 11) is 0. The standard InChI is InChI=1S/C24H23N3O/c1-18(2)20-12-14-22(15-13-20)26-24(28)16-21-10-6-7-11-23(21)27-25-17-19-8-4-3-5-9-19/h3-18H,1-2H3,(H,26,28)/b21-16+,25-17+,27-23-. The second-order valence-corrected chi connectivity index (χ2v) is 6.72. The van der Waals surface area contributed by atoms with Gasteiger partial charge in [-0.05, 0) is 35.3 Å². The van der Waals surface area contributed by atoms with Gasteiger partial charge < -0.3 is 5.32 Å². The van der Waals surface area contributed by atoms with Gasteiger partial charge in [-0.2, -0.15) is 10.2 Å². The van der Waals surface area contributed by atoms with Crippen molar-refractivity contribution in [2.45, 2.75) is 19.8 Å². The van der Waals surface area contributed by atoms with Crippen molar-refractivity contribution in [1.29, 1.82) is 0 Å². The van der Waals surface area contributed by atoms with Crippen LogP contribution in [0.2, 0.25) is 0 Å². The molecule has 0 fully saturated rings. The first-order valence-corrected chi connectivity index (χ1v) is 9.25. The molecule has 0 heterocycles. The second kappa shape index (κ2) is 9.42. The number of hydrogen-bond acceptors (Lipinski definition) is 3. The largest absolute Gasteiger partial charge is 0.322 e. The van der Waals surface area contributed by atoms with Gasteiger partial charge in [-0.1, -0.05) is 74.5 Å². The third-order valence-corrected chi connectivity index (χ3v) is 4.24. The van der Waals surface area contributed by atoms with E-state index in [1.807, 2.05) is 78.9 Å². The van der Waals surface area contributed by atoms with Gasteiger partial charge in [-0.25, -0.2) is 0 Å². The van der Waals surface area contributed by atoms with E-state index >= 15 is 0 Å². The molecule has 2 aromatic carbocycles. The summed E-state index contributed by atoms with van der Waals surface area (Å²) >= 11 is 0. The van der Waals surface area contributed by atoms with Crippen molar-refractivity contribution >= 4 is 23.5 Å². The Kier molecular flexibility index (Phi) is 6.47. The summed E-state index contributed by atoms with van der Waals surface area (Å²) in [5.74, 6) is 0.258. The molecular weight excluding hydrogens is 346 g/mol. The number of allylic oxidation sites excluding steroid dienone is 5. The number of rotatable bonds is 5. The van der Waals surface area contributed by atoms with Gasteiger partial charge in [0.1, 0.15) is 0 Å². The Balaban J connectivity index is 1.70. The van der Waals surface area contributed by atoms with E-state index in [0.29, 0.717) is 17.2 Å². The molecular formula is C24H23N3O. The molecule has 28 heavy (non-hydrogen) atoms. The first-order chi connectivity index (χ1) is 13.6. The van der Waals surface area contributed by atoms with Crippen molar-refractivity contribution < 1.29 is 4.79 Å². The first kappa shape index (κ1) is 19.2. The summed E-state index contributed by atoms with van der Waals surface area (Å²) in [6.07, 6.45) is 10.6. The van der Waals surface area contributed by atoms with Crippen LogP contribution in [0.3, 0.4) is 0 Å². The molecule has 0 aliphatic heterocycles. The first-order valence-electron chi connectivity index (χ1n) is 9.25. The zero-order valence-electron chi connectivity index (χ0n) is 16.0. The predicted octanol–water partition coefficient (Wildman–Crippen LogP) is 5.28. The topological polar surface area (TPSA) is 53.8 Å². The quantitative estimate of drug-likeness (QED) is 0.435. The van der Waals surface area contributed by atoms with E-state index in [0.717, 1.165) is 11.3 Å². The molecule has 140 valence electrons. The van der Waals surface area contributed by atoms with Crippen molar-refractivity contribution in [1.82, 2.24) is 0 Å². The number of carbonyl (C=O) groups is 1. The lowest BCUT2D eigenvalue weighted by molar-refractivity contribution is -0.111. The molecule has 4 heteroatoms. The molecule has 1 N–H and O–H groups in total. The van der Waals surface area contributed by atoms with Crippen LogP contribution in [0.15, 0.2) is 101 Å². The van der Waals surface area contributed by atoms with Crippen LogP contribution in [0.4, 0.5) is 5.69 Å². The molecule has 2 aromatic rings. The van der Waals surface area contributed by atoms with Gasteiger partial charge in [0.15, 0.2) is 0 Å². The summed E-state index contributed by atoms with van der Waals surface area (Å²) in [5, 5.41) is 11.3. The zero-order valence-corrected chi connectivity index (χ0v) is 16.0. The lowest BCUT2D eigenvalue weighted by Crippen LogP contribution is -2.11. The number of nitrogens with zero attached hydrogens (tertiary/aromatic N) is 2. The van der Waals surface area contributed by atoms with E-state index < -0.39 is 0 Å². The fourth-order valence-corrected chi connectivity index (χ4v) is 2.67. The maximum absolute atomic E-state index is 12.4. The van der Waals surface area contributed by atoms with Crippen LogP contribution in [0.1, 0.15) is 30.9 Å². The summed E-state index contributed by atoms with van der Waals surface area (Å²) in [4.78, 5) is 12.4. The molecule has 0 saturated heterocycles. The summed E-state index contributed by atoms with van der Waals surface area (Å²) in [5.41, 5.74) is 4.32. The third kappa shape index (κ3) is 5.48. The van der Waals surface area contributed by atoms with Crippen LogP contribution in [0.5, 0.6) is 0 Å². The molecule has 1 aliphatic carbocycles. The van der Waals surface area contributed by atoms with Crippen molar-refractivity contribution in [3.8, 4) is 0 Å². The molecule has 0 atom stereocenters. The Morgan fingerprint density at radius 3 is 2.39 bits per heavy atom. The molecule has 0 spiro atoms. The van der Waals surface area contributed by atoms with Gasteiger partial charge in [-0.3, -0.25) is 4.79 Å². The molecule has 0 saturated carbocycles. The van der Waals surface area contributed by atoms with E-state index in [-0.39, 0.29) is 5.91 Å². The summed E-state index contributed by atoms with van der Waals surface area (Å²) < 4.78 is 0. The lowest BCUT2D eigenvalue weighted by atomic mass is 10.0. The molecule has 1 aliphatic rings. The van der Waals surface area contributed by atoms with E-state index in [2.05, 4.69) is 29.4 Å². The van der Waals surface area contributed by atoms with Gasteiger partial charge in [0, 0.05) is 17.3 Å². The van der Waals surface area contributed by atoms with Crippen molar-refractivity contribution in [3.05, 3.63) is 102 Å². The average Bonchev–Trinajstić information content (AvgIpc) is 2.70. The number of benzene rings is 2. The highest BCUT2D eigenvalue weighted by Gasteiger charge is 2.08. The van der Waals surface area contributed by atoms with Crippen LogP contribution in [0, 0.1) is 0 Å². The summed E-state index contributed by atoms with van der Waals surface area (Å²) in [6, 6.07) is 17.6. The van der Waals surface area contributed by atoms with E-state index in [9.17, 15) is 4.79 Å². The van der Waals surface area contributed by atoms with Gasteiger partial charge in [-0.15, -0.1) is 0 Å². The number of nitrogens with one attached hydrogen (secondary N) is 1. The summed E-state index contributed by atoms with van der Waals surface area (Å²) in [6.45, 7) is 4.28. The van der Waals surface area contributed by atoms with Crippen LogP contribution in [0.25, 0.3) is 0 Å². The minimum absolute atomic E-state index is 0.202. The van der Waals surface area contributed by atoms with Crippen LogP contribution < -0.4 is 5.32 Å². The monoisotopic (exact) mass is 369 g/mol. The van der Waals surface area contributed by atoms with Crippen LogP contribution in [-0.4, -0.2) is 17.8 Å². The van der Waals surface area contributed by atoms with Crippen LogP contribution >= 0.6 is 0 Å². The second-order valence-electron chi connectivity index (χ2n) is 6.72. The SMILES string of the molecule is CC(C)c1ccc(NC(=O)\C=C2/C=CC=C/C2=N/N=C/c2ccccc2)cc1. The Hall–Kier alpha value is -3.53. The fraction of sp³-hybridized carbons (Fsp3) is 0.125. The van der Waals surface area contributed by atoms with Gasteiger partial charge >= 0.3 is 0 Å². The Bertz CT molecular complexity index is 963. The Morgan fingerprint density at radius 1 is 0.964 bits per heavy atom. The third-order valence-electron chi connectivity index (χ3n) is 4.24. The highest BCUT2D eigenvalue weighted by Crippen LogP contribution is 2.17. The molecule has 1 amide bonds. The molecule has 3 rings (SSSR count). The molecule has 0 aromatic heterocycles. The average molecular weight is 369 g/mol. The number of hydrogen-bond donors (Lipinski definition) is 1. The van der Waals surface area contributed by atoms with Crippen molar-refractivity contribution in [2.75, 3.05) is 5.32 Å². The zero-order chi connectivity index (χ0) is 19.8. The number of carbonyl (C=O) groups excluding carboxylic acids is 1. The van der Waals surface area contributed by atoms with E-state index in [1.54, 1.807) is 6.21 Å².